The van der Waals surface area contributed by atoms with E-state index >= 15 is 0 Å². The largest absolute Gasteiger partial charge is 0.479 e. The van der Waals surface area contributed by atoms with Gasteiger partial charge in [-0.15, -0.1) is 0 Å². The fourth-order valence-corrected chi connectivity index (χ4v) is 7.89. The van der Waals surface area contributed by atoms with Gasteiger partial charge in [-0.25, -0.2) is 32.7 Å². The second-order valence-corrected chi connectivity index (χ2v) is 13.2. The Bertz CT molecular complexity index is 1380. The molecule has 18 nitrogen and oxygen atoms in total. The van der Waals surface area contributed by atoms with Gasteiger partial charge in [-0.1, -0.05) is 0 Å². The van der Waals surface area contributed by atoms with E-state index < -0.39 is 53.5 Å². The number of aromatic nitrogens is 4. The monoisotopic (exact) mass is 603 g/mol. The molecule has 0 bridgehead atoms. The van der Waals surface area contributed by atoms with E-state index in [0.29, 0.717) is 23.6 Å². The summed E-state index contributed by atoms with van der Waals surface area (Å²) in [6, 6.07) is 3.48. The summed E-state index contributed by atoms with van der Waals surface area (Å²) in [4.78, 5) is 49.2. The van der Waals surface area contributed by atoms with Crippen molar-refractivity contribution in [3.8, 4) is 0 Å². The predicted molar refractivity (Wildman–Crippen MR) is 124 cm³/mol. The molecule has 1 saturated heterocycles. The Labute approximate surface area is 211 Å². The zero-order chi connectivity index (χ0) is 27.0. The maximum absolute atomic E-state index is 12.1. The van der Waals surface area contributed by atoms with Gasteiger partial charge in [-0.2, -0.15) is 0 Å². The molecule has 3 aromatic heterocycles. The number of ether oxygens (including phenoxy) is 1. The third kappa shape index (κ3) is 7.06. The molecule has 22 heteroatoms. The molecule has 4 rings (SSSR count). The number of nitrogens with one attached hydrogen (secondary N) is 1. The van der Waals surface area contributed by atoms with E-state index in [9.17, 15) is 29.1 Å². The maximum Gasteiger partial charge on any atom is 0.479 e. The highest BCUT2D eigenvalue weighted by Gasteiger charge is 2.46. The number of phosphoric acid groups is 2. The molecular weight excluding hydrogens is 583 g/mol. The van der Waals surface area contributed by atoms with E-state index in [4.69, 9.17) is 18.9 Å². The predicted octanol–water partition coefficient (Wildman–Crippen LogP) is 0.110. The minimum atomic E-state index is -5.35. The summed E-state index contributed by atoms with van der Waals surface area (Å²) in [6.45, 7) is -5.46. The van der Waals surface area contributed by atoms with Crippen LogP contribution in [0.5, 0.6) is 0 Å². The molecule has 1 aliphatic rings. The number of hydrogen-bond acceptors (Lipinski definition) is 14. The van der Waals surface area contributed by atoms with Gasteiger partial charge >= 0.3 is 22.4 Å². The second kappa shape index (κ2) is 10.8. The minimum absolute atomic E-state index is 0.224. The number of aliphatic hydroxyl groups is 2. The van der Waals surface area contributed by atoms with E-state index in [2.05, 4.69) is 45.2 Å². The van der Waals surface area contributed by atoms with Crippen LogP contribution < -0.4 is 5.32 Å². The summed E-state index contributed by atoms with van der Waals surface area (Å²) in [6.07, 6.45) is -1.84. The SMILES string of the molecule is O=P(O)(O)OP(O)(=S)OP(=O)(O)OC[C@H]1O[C@@H](n2cnc3c(NCc4ccco4)ncnc32)[C@H](O)[C@@H]1O. The lowest BCUT2D eigenvalue weighted by atomic mass is 10.1. The van der Waals surface area contributed by atoms with Gasteiger partial charge in [-0.05, 0) is 23.9 Å². The van der Waals surface area contributed by atoms with Crippen LogP contribution in [0.15, 0.2) is 35.5 Å². The van der Waals surface area contributed by atoms with Crippen molar-refractivity contribution in [3.05, 3.63) is 36.8 Å². The molecule has 0 aliphatic carbocycles. The molecule has 0 saturated carbocycles. The van der Waals surface area contributed by atoms with Gasteiger partial charge in [0.1, 0.15) is 30.4 Å². The van der Waals surface area contributed by atoms with Crippen LogP contribution in [0.1, 0.15) is 12.0 Å². The number of imidazole rings is 1. The number of aliphatic hydroxyl groups excluding tert-OH is 2. The number of nitrogens with zero attached hydrogens (tertiary/aromatic N) is 4. The topological polar surface area (TPSA) is 261 Å². The van der Waals surface area contributed by atoms with Crippen LogP contribution in [-0.4, -0.2) is 74.2 Å². The van der Waals surface area contributed by atoms with Gasteiger partial charge in [-0.3, -0.25) is 9.09 Å². The number of phosphoric ester groups is 1. The molecule has 0 aromatic carbocycles. The zero-order valence-corrected chi connectivity index (χ0v) is 21.7. The Hall–Kier alpha value is -1.66. The first kappa shape index (κ1) is 28.4. The fraction of sp³-hybridized carbons (Fsp3) is 0.400. The third-order valence-corrected chi connectivity index (χ3v) is 9.80. The molecule has 0 radical (unpaired) electrons. The average Bonchev–Trinajstić information content (AvgIpc) is 3.49. The van der Waals surface area contributed by atoms with Gasteiger partial charge in [0.2, 0.25) is 0 Å². The molecule has 37 heavy (non-hydrogen) atoms. The lowest BCUT2D eigenvalue weighted by Crippen LogP contribution is -2.33. The Morgan fingerprint density at radius 2 is 1.86 bits per heavy atom. The molecule has 2 unspecified atom stereocenters. The molecule has 0 spiro atoms. The van der Waals surface area contributed by atoms with E-state index in [1.54, 1.807) is 12.1 Å². The van der Waals surface area contributed by atoms with Crippen molar-refractivity contribution in [2.45, 2.75) is 31.1 Å². The van der Waals surface area contributed by atoms with Crippen LogP contribution in [0.25, 0.3) is 11.2 Å². The molecule has 3 aromatic rings. The zero-order valence-electron chi connectivity index (χ0n) is 18.2. The standard InChI is InChI=1S/C15H20N5O13P3S/c21-11-9(5-30-35(26,27)33-36(28,37)32-34(23,24)25)31-15(12(11)22)20-7-19-10-13(17-6-18-14(10)20)16-4-8-2-1-3-29-8/h1-3,6-7,9,11-12,15,21-22H,4-5H2,(H,26,27)(H,28,37)(H,16,17,18)(H2,23,24,25)/t9-,11-,12-,15-,36?/m1/s1. The molecule has 6 atom stereocenters. The van der Waals surface area contributed by atoms with Gasteiger partial charge in [0.05, 0.1) is 25.7 Å². The van der Waals surface area contributed by atoms with Crippen molar-refractivity contribution in [3.63, 3.8) is 0 Å². The molecule has 1 aliphatic heterocycles. The van der Waals surface area contributed by atoms with Crippen LogP contribution >= 0.6 is 22.4 Å². The van der Waals surface area contributed by atoms with Crippen molar-refractivity contribution in [1.29, 1.82) is 0 Å². The minimum Gasteiger partial charge on any atom is -0.467 e. The van der Waals surface area contributed by atoms with Crippen molar-refractivity contribution in [2.24, 2.45) is 0 Å². The lowest BCUT2D eigenvalue weighted by molar-refractivity contribution is -0.0502. The van der Waals surface area contributed by atoms with Crippen LogP contribution in [0, 0.1) is 0 Å². The number of furan rings is 1. The highest BCUT2D eigenvalue weighted by molar-refractivity contribution is 8.09. The Kier molecular flexibility index (Phi) is 8.31. The van der Waals surface area contributed by atoms with E-state index in [1.165, 1.54) is 23.5 Å². The van der Waals surface area contributed by atoms with Crippen molar-refractivity contribution >= 4 is 51.2 Å². The summed E-state index contributed by atoms with van der Waals surface area (Å²) in [5.41, 5.74) is 0.535. The molecule has 4 heterocycles. The Morgan fingerprint density at radius 3 is 2.54 bits per heavy atom. The summed E-state index contributed by atoms with van der Waals surface area (Å²) < 4.78 is 47.6. The van der Waals surface area contributed by atoms with Gasteiger partial charge < -0.3 is 44.3 Å². The van der Waals surface area contributed by atoms with E-state index in [0.717, 1.165) is 0 Å². The first-order valence-electron chi connectivity index (χ1n) is 9.98. The van der Waals surface area contributed by atoms with Gasteiger partial charge in [0, 0.05) is 0 Å². The number of rotatable bonds is 11. The molecule has 204 valence electrons. The second-order valence-electron chi connectivity index (χ2n) is 7.41. The quantitative estimate of drug-likeness (QED) is 0.143. The lowest BCUT2D eigenvalue weighted by Gasteiger charge is -2.20. The molecular formula is C15H20N5O13P3S. The summed E-state index contributed by atoms with van der Waals surface area (Å²) >= 11 is 4.26. The Balaban J connectivity index is 1.44. The third-order valence-electron chi connectivity index (χ3n) is 4.80. The average molecular weight is 603 g/mol. The van der Waals surface area contributed by atoms with Crippen molar-refractivity contribution < 1.29 is 61.2 Å². The van der Waals surface area contributed by atoms with Crippen molar-refractivity contribution in [1.82, 2.24) is 19.5 Å². The van der Waals surface area contributed by atoms with Crippen molar-refractivity contribution in [2.75, 3.05) is 11.9 Å². The van der Waals surface area contributed by atoms with Gasteiger partial charge in [0.25, 0.3) is 0 Å². The number of fused-ring (bicyclic) bond motifs is 1. The number of anilines is 1. The summed E-state index contributed by atoms with van der Waals surface area (Å²) in [5, 5.41) is 23.9. The molecule has 0 amide bonds. The highest BCUT2D eigenvalue weighted by Crippen LogP contribution is 2.66. The summed E-state index contributed by atoms with van der Waals surface area (Å²) in [5.74, 6) is 0.991. The molecule has 1 fully saturated rings. The molecule has 7 N–H and O–H groups in total. The normalized spacial score (nSPS) is 25.7. The fourth-order valence-electron chi connectivity index (χ4n) is 3.32. The van der Waals surface area contributed by atoms with E-state index in [1.807, 2.05) is 0 Å². The smallest absolute Gasteiger partial charge is 0.467 e. The van der Waals surface area contributed by atoms with Crippen LogP contribution in [-0.2, 0) is 45.4 Å². The number of hydrogen-bond donors (Lipinski definition) is 7. The highest BCUT2D eigenvalue weighted by atomic mass is 32.5. The van der Waals surface area contributed by atoms with E-state index in [-0.39, 0.29) is 5.65 Å². The Morgan fingerprint density at radius 1 is 1.11 bits per heavy atom. The van der Waals surface area contributed by atoms with Crippen LogP contribution in [0.2, 0.25) is 0 Å². The van der Waals surface area contributed by atoms with Crippen LogP contribution in [0.4, 0.5) is 5.82 Å². The first-order valence-corrected chi connectivity index (χ1v) is 15.6. The van der Waals surface area contributed by atoms with Crippen LogP contribution in [0.3, 0.4) is 0 Å². The maximum atomic E-state index is 12.1. The summed E-state index contributed by atoms with van der Waals surface area (Å²) in [7, 11) is -10.6. The first-order chi connectivity index (χ1) is 17.2. The van der Waals surface area contributed by atoms with Gasteiger partial charge in [0.15, 0.2) is 23.2 Å².